The number of amides is 1. The van der Waals surface area contributed by atoms with Crippen molar-refractivity contribution in [2.75, 3.05) is 12.4 Å². The topological polar surface area (TPSA) is 32.3 Å². The highest BCUT2D eigenvalue weighted by Gasteiger charge is 2.19. The van der Waals surface area contributed by atoms with Crippen molar-refractivity contribution in [3.8, 4) is 0 Å². The largest absolute Gasteiger partial charge is 0.323 e. The van der Waals surface area contributed by atoms with Gasteiger partial charge in [-0.2, -0.15) is 0 Å². The zero-order valence-electron chi connectivity index (χ0n) is 12.8. The van der Waals surface area contributed by atoms with Crippen LogP contribution in [0.25, 0.3) is 0 Å². The van der Waals surface area contributed by atoms with Crippen LogP contribution in [0.1, 0.15) is 12.5 Å². The van der Waals surface area contributed by atoms with Gasteiger partial charge in [0.1, 0.15) is 0 Å². The van der Waals surface area contributed by atoms with Gasteiger partial charge in [-0.3, -0.25) is 9.69 Å². The molecule has 0 aliphatic rings. The van der Waals surface area contributed by atoms with Gasteiger partial charge >= 0.3 is 0 Å². The molecule has 0 bridgehead atoms. The van der Waals surface area contributed by atoms with Crippen LogP contribution in [-0.2, 0) is 11.3 Å². The van der Waals surface area contributed by atoms with Gasteiger partial charge in [-0.05, 0) is 49.9 Å². The first-order valence-corrected chi connectivity index (χ1v) is 8.21. The Hall–Kier alpha value is -1.26. The molecular formula is C17H17Cl3N2O. The van der Waals surface area contributed by atoms with E-state index in [1.54, 1.807) is 18.2 Å². The third-order valence-electron chi connectivity index (χ3n) is 3.57. The molecule has 0 aliphatic carbocycles. The van der Waals surface area contributed by atoms with Crippen LogP contribution >= 0.6 is 34.8 Å². The molecule has 2 aromatic carbocycles. The van der Waals surface area contributed by atoms with Crippen molar-refractivity contribution in [2.45, 2.75) is 19.5 Å². The van der Waals surface area contributed by atoms with Crippen LogP contribution in [0.15, 0.2) is 42.5 Å². The lowest BCUT2D eigenvalue weighted by molar-refractivity contribution is -0.120. The maximum Gasteiger partial charge on any atom is 0.241 e. The van der Waals surface area contributed by atoms with E-state index < -0.39 is 0 Å². The van der Waals surface area contributed by atoms with Crippen molar-refractivity contribution in [1.29, 1.82) is 0 Å². The number of benzene rings is 2. The molecule has 1 unspecified atom stereocenters. The Kier molecular flexibility index (Phi) is 6.31. The van der Waals surface area contributed by atoms with Crippen LogP contribution < -0.4 is 5.32 Å². The summed E-state index contributed by atoms with van der Waals surface area (Å²) in [5, 5.41) is 4.46. The first kappa shape index (κ1) is 18.1. The number of carbonyl (C=O) groups is 1. The Balaban J connectivity index is 1.99. The van der Waals surface area contributed by atoms with Gasteiger partial charge in [0.05, 0.1) is 16.8 Å². The maximum atomic E-state index is 12.4. The Morgan fingerprint density at radius 2 is 1.70 bits per heavy atom. The Morgan fingerprint density at radius 3 is 2.30 bits per heavy atom. The minimum atomic E-state index is -0.322. The minimum Gasteiger partial charge on any atom is -0.323 e. The average molecular weight is 372 g/mol. The summed E-state index contributed by atoms with van der Waals surface area (Å²) in [4.78, 5) is 14.3. The summed E-state index contributed by atoms with van der Waals surface area (Å²) >= 11 is 17.8. The molecule has 1 amide bonds. The first-order chi connectivity index (χ1) is 10.9. The van der Waals surface area contributed by atoms with Crippen molar-refractivity contribution in [2.24, 2.45) is 0 Å². The van der Waals surface area contributed by atoms with Crippen LogP contribution in [0.4, 0.5) is 5.69 Å². The summed E-state index contributed by atoms with van der Waals surface area (Å²) < 4.78 is 0. The molecule has 6 heteroatoms. The fraction of sp³-hybridized carbons (Fsp3) is 0.235. The van der Waals surface area contributed by atoms with Crippen molar-refractivity contribution in [3.05, 3.63) is 63.1 Å². The quantitative estimate of drug-likeness (QED) is 0.792. The number of hydrogen-bond donors (Lipinski definition) is 1. The number of nitrogens with zero attached hydrogens (tertiary/aromatic N) is 1. The highest BCUT2D eigenvalue weighted by atomic mass is 35.5. The second kappa shape index (κ2) is 8.02. The fourth-order valence-corrected chi connectivity index (χ4v) is 2.62. The third kappa shape index (κ3) is 5.11. The highest BCUT2D eigenvalue weighted by molar-refractivity contribution is 6.36. The van der Waals surface area contributed by atoms with Gasteiger partial charge in [0.25, 0.3) is 0 Å². The molecule has 0 saturated carbocycles. The second-order valence-electron chi connectivity index (χ2n) is 5.33. The smallest absolute Gasteiger partial charge is 0.241 e. The molecule has 0 spiro atoms. The summed E-state index contributed by atoms with van der Waals surface area (Å²) in [6.07, 6.45) is 0. The fourth-order valence-electron chi connectivity index (χ4n) is 2.04. The van der Waals surface area contributed by atoms with Crippen molar-refractivity contribution in [1.82, 2.24) is 4.90 Å². The molecule has 2 aromatic rings. The molecule has 122 valence electrons. The lowest BCUT2D eigenvalue weighted by Crippen LogP contribution is -2.39. The Bertz CT molecular complexity index is 689. The van der Waals surface area contributed by atoms with Crippen LogP contribution in [0.3, 0.4) is 0 Å². The van der Waals surface area contributed by atoms with E-state index in [0.717, 1.165) is 5.56 Å². The molecular weight excluding hydrogens is 355 g/mol. The molecule has 1 atom stereocenters. The number of rotatable bonds is 5. The van der Waals surface area contributed by atoms with Crippen LogP contribution in [-0.4, -0.2) is 23.9 Å². The lowest BCUT2D eigenvalue weighted by Gasteiger charge is -2.24. The molecule has 3 nitrogen and oxygen atoms in total. The summed E-state index contributed by atoms with van der Waals surface area (Å²) in [7, 11) is 1.89. The number of likely N-dealkylation sites (N-methyl/N-ethyl adjacent to an activating group) is 1. The van der Waals surface area contributed by atoms with Gasteiger partial charge in [0.15, 0.2) is 0 Å². The molecule has 0 saturated heterocycles. The molecule has 0 fully saturated rings. The molecule has 0 radical (unpaired) electrons. The van der Waals surface area contributed by atoms with Crippen molar-refractivity contribution < 1.29 is 4.79 Å². The third-order valence-corrected chi connectivity index (χ3v) is 4.37. The number of hydrogen-bond acceptors (Lipinski definition) is 2. The van der Waals surface area contributed by atoms with E-state index >= 15 is 0 Å². The Morgan fingerprint density at radius 1 is 1.09 bits per heavy atom. The number of halogens is 3. The van der Waals surface area contributed by atoms with Crippen molar-refractivity contribution in [3.63, 3.8) is 0 Å². The lowest BCUT2D eigenvalue weighted by atomic mass is 10.2. The predicted octanol–water partition coefficient (Wildman–Crippen LogP) is 5.11. The van der Waals surface area contributed by atoms with E-state index in [9.17, 15) is 4.79 Å². The van der Waals surface area contributed by atoms with E-state index in [-0.39, 0.29) is 11.9 Å². The molecule has 0 aromatic heterocycles. The van der Waals surface area contributed by atoms with E-state index in [1.807, 2.05) is 43.1 Å². The van der Waals surface area contributed by atoms with Crippen LogP contribution in [0.5, 0.6) is 0 Å². The van der Waals surface area contributed by atoms with E-state index in [0.29, 0.717) is 27.3 Å². The summed E-state index contributed by atoms with van der Waals surface area (Å²) in [6, 6.07) is 12.2. The average Bonchev–Trinajstić information content (AvgIpc) is 2.51. The standard InChI is InChI=1S/C17H17Cl3N2O/c1-11(22(2)10-12-3-5-13(18)6-4-12)17(23)21-16-8-7-14(19)9-15(16)20/h3-9,11H,10H2,1-2H3,(H,21,23). The Labute approximate surface area is 151 Å². The van der Waals surface area contributed by atoms with E-state index in [2.05, 4.69) is 5.32 Å². The molecule has 2 rings (SSSR count). The van der Waals surface area contributed by atoms with Gasteiger partial charge in [-0.25, -0.2) is 0 Å². The van der Waals surface area contributed by atoms with E-state index in [4.69, 9.17) is 34.8 Å². The molecule has 0 aliphatic heterocycles. The number of anilines is 1. The number of nitrogens with one attached hydrogen (secondary N) is 1. The first-order valence-electron chi connectivity index (χ1n) is 7.07. The zero-order valence-corrected chi connectivity index (χ0v) is 15.1. The summed E-state index contributed by atoms with van der Waals surface area (Å²) in [5.41, 5.74) is 1.63. The molecule has 0 heterocycles. The normalized spacial score (nSPS) is 12.3. The van der Waals surface area contributed by atoms with Gasteiger partial charge in [0, 0.05) is 16.6 Å². The van der Waals surface area contributed by atoms with Gasteiger partial charge in [-0.15, -0.1) is 0 Å². The predicted molar refractivity (Wildman–Crippen MR) is 97.5 cm³/mol. The van der Waals surface area contributed by atoms with Gasteiger partial charge in [0.2, 0.25) is 5.91 Å². The SMILES string of the molecule is CC(C(=O)Nc1ccc(Cl)cc1Cl)N(C)Cc1ccc(Cl)cc1. The maximum absolute atomic E-state index is 12.4. The van der Waals surface area contributed by atoms with Crippen molar-refractivity contribution >= 4 is 46.4 Å². The monoisotopic (exact) mass is 370 g/mol. The minimum absolute atomic E-state index is 0.134. The van der Waals surface area contributed by atoms with E-state index in [1.165, 1.54) is 0 Å². The summed E-state index contributed by atoms with van der Waals surface area (Å²) in [6.45, 7) is 2.48. The van der Waals surface area contributed by atoms with Crippen LogP contribution in [0.2, 0.25) is 15.1 Å². The van der Waals surface area contributed by atoms with Gasteiger partial charge < -0.3 is 5.32 Å². The second-order valence-corrected chi connectivity index (χ2v) is 6.61. The van der Waals surface area contributed by atoms with Crippen LogP contribution in [0, 0.1) is 0 Å². The molecule has 1 N–H and O–H groups in total. The number of carbonyl (C=O) groups excluding carboxylic acids is 1. The highest BCUT2D eigenvalue weighted by Crippen LogP contribution is 2.25. The molecule has 23 heavy (non-hydrogen) atoms. The zero-order chi connectivity index (χ0) is 17.0. The summed E-state index contributed by atoms with van der Waals surface area (Å²) in [5.74, 6) is -0.134. The van der Waals surface area contributed by atoms with Gasteiger partial charge in [-0.1, -0.05) is 46.9 Å².